The molecule has 0 radical (unpaired) electrons. The standard InChI is InChI=1S/C24H30BNO5/c1-17-11-19(14-21(27)12-17)13-20(25-30-23(2,3)24(4,5)31-25)15-26-22(28)29-16-18-9-7-6-8-10-18/h6-14,27H,15-16H2,1-5H3,(H,26,28). The highest BCUT2D eigenvalue weighted by molar-refractivity contribution is 6.56. The summed E-state index contributed by atoms with van der Waals surface area (Å²) in [4.78, 5) is 12.3. The van der Waals surface area contributed by atoms with E-state index in [0.29, 0.717) is 0 Å². The molecular weight excluding hydrogens is 393 g/mol. The van der Waals surface area contributed by atoms with Gasteiger partial charge in [0.2, 0.25) is 0 Å². The van der Waals surface area contributed by atoms with Gasteiger partial charge in [-0.2, -0.15) is 0 Å². The second kappa shape index (κ2) is 9.16. The van der Waals surface area contributed by atoms with E-state index in [-0.39, 0.29) is 18.9 Å². The van der Waals surface area contributed by atoms with Crippen molar-refractivity contribution in [1.82, 2.24) is 5.32 Å². The van der Waals surface area contributed by atoms with Gasteiger partial charge in [0.1, 0.15) is 12.4 Å². The molecule has 0 aliphatic carbocycles. The van der Waals surface area contributed by atoms with Crippen molar-refractivity contribution >= 4 is 19.3 Å². The SMILES string of the molecule is Cc1cc(O)cc(C=C(CNC(=O)OCc2ccccc2)B2OC(C)(C)C(C)(C)O2)c1. The predicted molar refractivity (Wildman–Crippen MR) is 122 cm³/mol. The molecule has 2 aromatic rings. The zero-order chi connectivity index (χ0) is 22.6. The molecule has 1 heterocycles. The molecule has 0 spiro atoms. The van der Waals surface area contributed by atoms with Gasteiger partial charge in [-0.15, -0.1) is 0 Å². The van der Waals surface area contributed by atoms with Gasteiger partial charge in [0.15, 0.2) is 0 Å². The lowest BCUT2D eigenvalue weighted by molar-refractivity contribution is 0.00578. The number of carbonyl (C=O) groups is 1. The normalized spacial score (nSPS) is 17.5. The minimum Gasteiger partial charge on any atom is -0.508 e. The number of carbonyl (C=O) groups excluding carboxylic acids is 1. The first-order valence-electron chi connectivity index (χ1n) is 10.4. The number of rotatable bonds is 6. The molecule has 1 fully saturated rings. The summed E-state index contributed by atoms with van der Waals surface area (Å²) in [5.74, 6) is 0.176. The summed E-state index contributed by atoms with van der Waals surface area (Å²) in [6.45, 7) is 10.2. The van der Waals surface area contributed by atoms with Crippen molar-refractivity contribution in [3.8, 4) is 5.75 Å². The molecule has 2 N–H and O–H groups in total. The summed E-state index contributed by atoms with van der Waals surface area (Å²) >= 11 is 0. The molecule has 6 nitrogen and oxygen atoms in total. The van der Waals surface area contributed by atoms with Crippen molar-refractivity contribution in [2.24, 2.45) is 0 Å². The molecule has 1 aliphatic heterocycles. The highest BCUT2D eigenvalue weighted by atomic mass is 16.7. The third-order valence-corrected chi connectivity index (χ3v) is 5.64. The number of phenolic OH excluding ortho intramolecular Hbond substituents is 1. The van der Waals surface area contributed by atoms with Crippen LogP contribution in [0.1, 0.15) is 44.4 Å². The van der Waals surface area contributed by atoms with E-state index in [1.54, 1.807) is 12.1 Å². The van der Waals surface area contributed by atoms with E-state index < -0.39 is 24.4 Å². The molecule has 0 saturated carbocycles. The molecule has 2 aromatic carbocycles. The number of alkyl carbamates (subject to hydrolysis) is 1. The lowest BCUT2D eigenvalue weighted by Crippen LogP contribution is -2.41. The topological polar surface area (TPSA) is 77.0 Å². The van der Waals surface area contributed by atoms with Gasteiger partial charge in [-0.3, -0.25) is 0 Å². The van der Waals surface area contributed by atoms with Crippen LogP contribution in [-0.2, 0) is 20.7 Å². The molecule has 0 bridgehead atoms. The van der Waals surface area contributed by atoms with Gasteiger partial charge in [0, 0.05) is 6.54 Å². The first kappa shape index (κ1) is 22.9. The van der Waals surface area contributed by atoms with Crippen LogP contribution >= 0.6 is 0 Å². The zero-order valence-corrected chi connectivity index (χ0v) is 18.8. The van der Waals surface area contributed by atoms with Crippen molar-refractivity contribution in [1.29, 1.82) is 0 Å². The maximum atomic E-state index is 12.3. The summed E-state index contributed by atoms with van der Waals surface area (Å²) < 4.78 is 17.7. The number of aromatic hydroxyl groups is 1. The van der Waals surface area contributed by atoms with Crippen LogP contribution in [0.2, 0.25) is 0 Å². The predicted octanol–water partition coefficient (Wildman–Crippen LogP) is 4.64. The Morgan fingerprint density at radius 2 is 1.74 bits per heavy atom. The molecule has 0 unspecified atom stereocenters. The van der Waals surface area contributed by atoms with E-state index in [1.165, 1.54) is 0 Å². The number of amides is 1. The average Bonchev–Trinajstić information content (AvgIpc) is 2.90. The van der Waals surface area contributed by atoms with Gasteiger partial charge < -0.3 is 24.5 Å². The Kier molecular flexibility index (Phi) is 6.77. The van der Waals surface area contributed by atoms with Crippen molar-refractivity contribution in [2.75, 3.05) is 6.54 Å². The van der Waals surface area contributed by atoms with Gasteiger partial charge in [0.05, 0.1) is 11.2 Å². The summed E-state index contributed by atoms with van der Waals surface area (Å²) in [6, 6.07) is 14.8. The third kappa shape index (κ3) is 5.90. The fourth-order valence-electron chi connectivity index (χ4n) is 3.23. The Morgan fingerprint density at radius 3 is 2.35 bits per heavy atom. The molecule has 1 aliphatic rings. The number of hydrogen-bond acceptors (Lipinski definition) is 5. The quantitative estimate of drug-likeness (QED) is 0.662. The van der Waals surface area contributed by atoms with Crippen LogP contribution in [0.25, 0.3) is 6.08 Å². The van der Waals surface area contributed by atoms with Crippen LogP contribution < -0.4 is 5.32 Å². The second-order valence-corrected chi connectivity index (χ2v) is 8.82. The Morgan fingerprint density at radius 1 is 1.10 bits per heavy atom. The largest absolute Gasteiger partial charge is 0.508 e. The monoisotopic (exact) mass is 423 g/mol. The van der Waals surface area contributed by atoms with Crippen molar-refractivity contribution in [3.05, 3.63) is 70.7 Å². The maximum Gasteiger partial charge on any atom is 0.492 e. The minimum absolute atomic E-state index is 0.176. The lowest BCUT2D eigenvalue weighted by atomic mass is 9.77. The van der Waals surface area contributed by atoms with Crippen LogP contribution in [0, 0.1) is 6.92 Å². The van der Waals surface area contributed by atoms with Gasteiger partial charge >= 0.3 is 13.2 Å². The fraction of sp³-hybridized carbons (Fsp3) is 0.375. The van der Waals surface area contributed by atoms with Gasteiger partial charge in [-0.1, -0.05) is 42.5 Å². The molecule has 1 amide bonds. The number of hydrogen-bond donors (Lipinski definition) is 2. The average molecular weight is 423 g/mol. The summed E-state index contributed by atoms with van der Waals surface area (Å²) in [7, 11) is -0.637. The smallest absolute Gasteiger partial charge is 0.492 e. The molecule has 3 rings (SSSR count). The van der Waals surface area contributed by atoms with Gasteiger partial charge in [-0.05, 0) is 68.9 Å². The van der Waals surface area contributed by atoms with Crippen LogP contribution in [0.3, 0.4) is 0 Å². The van der Waals surface area contributed by atoms with E-state index in [9.17, 15) is 9.90 Å². The first-order chi connectivity index (χ1) is 14.6. The Labute approximate surface area is 184 Å². The van der Waals surface area contributed by atoms with Crippen LogP contribution in [-0.4, -0.2) is 36.1 Å². The highest BCUT2D eigenvalue weighted by Gasteiger charge is 2.52. The number of benzene rings is 2. The van der Waals surface area contributed by atoms with E-state index in [0.717, 1.165) is 22.2 Å². The van der Waals surface area contributed by atoms with Crippen LogP contribution in [0.5, 0.6) is 5.75 Å². The molecular formula is C24H30BNO5. The molecule has 0 atom stereocenters. The number of nitrogens with one attached hydrogen (secondary N) is 1. The number of ether oxygens (including phenoxy) is 1. The fourth-order valence-corrected chi connectivity index (χ4v) is 3.23. The Bertz CT molecular complexity index is 919. The van der Waals surface area contributed by atoms with Crippen LogP contribution in [0.15, 0.2) is 54.0 Å². The zero-order valence-electron chi connectivity index (χ0n) is 18.8. The van der Waals surface area contributed by atoms with E-state index in [4.69, 9.17) is 14.0 Å². The minimum atomic E-state index is -0.637. The number of phenols is 1. The second-order valence-electron chi connectivity index (χ2n) is 8.82. The van der Waals surface area contributed by atoms with Gasteiger partial charge in [-0.25, -0.2) is 4.79 Å². The maximum absolute atomic E-state index is 12.3. The third-order valence-electron chi connectivity index (χ3n) is 5.64. The van der Waals surface area contributed by atoms with E-state index in [1.807, 2.05) is 77.1 Å². The highest BCUT2D eigenvalue weighted by Crippen LogP contribution is 2.38. The Hall–Kier alpha value is -2.77. The molecule has 1 saturated heterocycles. The molecule has 164 valence electrons. The summed E-state index contributed by atoms with van der Waals surface area (Å²) in [6.07, 6.45) is 1.34. The Balaban J connectivity index is 1.74. The van der Waals surface area contributed by atoms with Crippen LogP contribution in [0.4, 0.5) is 4.79 Å². The first-order valence-corrected chi connectivity index (χ1v) is 10.4. The number of aryl methyl sites for hydroxylation is 1. The summed E-state index contributed by atoms with van der Waals surface area (Å²) in [5, 5.41) is 12.7. The van der Waals surface area contributed by atoms with Gasteiger partial charge in [0.25, 0.3) is 0 Å². The van der Waals surface area contributed by atoms with E-state index in [2.05, 4.69) is 5.32 Å². The molecule has 31 heavy (non-hydrogen) atoms. The summed E-state index contributed by atoms with van der Waals surface area (Å²) in [5.41, 5.74) is 2.32. The van der Waals surface area contributed by atoms with Crippen molar-refractivity contribution in [2.45, 2.75) is 52.4 Å². The van der Waals surface area contributed by atoms with Crippen molar-refractivity contribution in [3.63, 3.8) is 0 Å². The molecule has 7 heteroatoms. The lowest BCUT2D eigenvalue weighted by Gasteiger charge is -2.32. The van der Waals surface area contributed by atoms with E-state index >= 15 is 0 Å². The van der Waals surface area contributed by atoms with Crippen molar-refractivity contribution < 1.29 is 23.9 Å². The molecule has 0 aromatic heterocycles.